The zero-order valence-electron chi connectivity index (χ0n) is 9.54. The van der Waals surface area contributed by atoms with E-state index in [0.717, 1.165) is 23.6 Å². The molecule has 0 saturated carbocycles. The summed E-state index contributed by atoms with van der Waals surface area (Å²) in [4.78, 5) is 4.54. The van der Waals surface area contributed by atoms with Crippen molar-refractivity contribution in [2.75, 3.05) is 5.73 Å². The van der Waals surface area contributed by atoms with Crippen LogP contribution in [0.25, 0.3) is 17.0 Å². The number of hydrogen-bond acceptors (Lipinski definition) is 3. The fourth-order valence-corrected chi connectivity index (χ4v) is 1.99. The van der Waals surface area contributed by atoms with Gasteiger partial charge in [-0.15, -0.1) is 0 Å². The number of hydrogen-bond donors (Lipinski definition) is 1. The topological polar surface area (TPSA) is 61.1 Å². The van der Waals surface area contributed by atoms with Gasteiger partial charge < -0.3 is 5.73 Å². The molecular formula is C12H13N5. The first-order chi connectivity index (χ1) is 8.31. The zero-order chi connectivity index (χ0) is 11.8. The first-order valence-electron chi connectivity index (χ1n) is 5.56. The van der Waals surface area contributed by atoms with Crippen molar-refractivity contribution in [1.29, 1.82) is 0 Å². The summed E-state index contributed by atoms with van der Waals surface area (Å²) in [5.41, 5.74) is 8.70. The summed E-state index contributed by atoms with van der Waals surface area (Å²) < 4.78 is 3.76. The van der Waals surface area contributed by atoms with Crippen LogP contribution in [0.15, 0.2) is 36.7 Å². The van der Waals surface area contributed by atoms with Crippen LogP contribution in [-0.4, -0.2) is 19.2 Å². The van der Waals surface area contributed by atoms with Gasteiger partial charge in [0.2, 0.25) is 0 Å². The van der Waals surface area contributed by atoms with Crippen LogP contribution < -0.4 is 5.73 Å². The summed E-state index contributed by atoms with van der Waals surface area (Å²) in [6.07, 6.45) is 3.68. The molecule has 0 bridgehead atoms. The van der Waals surface area contributed by atoms with E-state index in [1.54, 1.807) is 6.20 Å². The highest BCUT2D eigenvalue weighted by Crippen LogP contribution is 2.25. The lowest BCUT2D eigenvalue weighted by atomic mass is 10.3. The summed E-state index contributed by atoms with van der Waals surface area (Å²) in [5, 5.41) is 4.23. The van der Waals surface area contributed by atoms with Crippen molar-refractivity contribution in [3.8, 4) is 11.4 Å². The van der Waals surface area contributed by atoms with Gasteiger partial charge in [-0.05, 0) is 25.1 Å². The molecule has 5 nitrogen and oxygen atoms in total. The molecule has 0 atom stereocenters. The molecule has 0 aliphatic heterocycles. The van der Waals surface area contributed by atoms with Gasteiger partial charge in [0.1, 0.15) is 17.2 Å². The standard InChI is InChI=1S/C12H13N5/c1-2-17-9(6-7-14-17)11-12(13)16-8-4-3-5-10(16)15-11/h3-8H,2,13H2,1H3. The number of nitrogens with zero attached hydrogens (tertiary/aromatic N) is 4. The van der Waals surface area contributed by atoms with Crippen molar-refractivity contribution in [3.63, 3.8) is 0 Å². The quantitative estimate of drug-likeness (QED) is 0.726. The molecule has 17 heavy (non-hydrogen) atoms. The van der Waals surface area contributed by atoms with Gasteiger partial charge in [0, 0.05) is 18.9 Å². The second-order valence-electron chi connectivity index (χ2n) is 3.81. The third-order valence-electron chi connectivity index (χ3n) is 2.83. The van der Waals surface area contributed by atoms with Gasteiger partial charge in [0.15, 0.2) is 0 Å². The van der Waals surface area contributed by atoms with Gasteiger partial charge in [-0.25, -0.2) is 4.98 Å². The largest absolute Gasteiger partial charge is 0.383 e. The van der Waals surface area contributed by atoms with Crippen molar-refractivity contribution >= 4 is 11.5 Å². The number of aromatic nitrogens is 4. The van der Waals surface area contributed by atoms with E-state index in [2.05, 4.69) is 10.1 Å². The number of nitrogens with two attached hydrogens (primary N) is 1. The number of imidazole rings is 1. The van der Waals surface area contributed by atoms with Gasteiger partial charge in [-0.1, -0.05) is 6.07 Å². The van der Waals surface area contributed by atoms with E-state index in [4.69, 9.17) is 5.73 Å². The molecule has 0 spiro atoms. The lowest BCUT2D eigenvalue weighted by Crippen LogP contribution is -2.01. The maximum absolute atomic E-state index is 6.11. The predicted octanol–water partition coefficient (Wildman–Crippen LogP) is 1.80. The summed E-state index contributed by atoms with van der Waals surface area (Å²) in [6.45, 7) is 2.85. The molecule has 0 aliphatic carbocycles. The Bertz CT molecular complexity index is 664. The summed E-state index contributed by atoms with van der Waals surface area (Å²) >= 11 is 0. The Balaban J connectivity index is 2.27. The Morgan fingerprint density at radius 1 is 1.29 bits per heavy atom. The Labute approximate surface area is 98.5 Å². The fourth-order valence-electron chi connectivity index (χ4n) is 1.99. The molecule has 0 amide bonds. The van der Waals surface area contributed by atoms with Gasteiger partial charge in [-0.2, -0.15) is 5.10 Å². The van der Waals surface area contributed by atoms with Crippen molar-refractivity contribution in [2.45, 2.75) is 13.5 Å². The number of aryl methyl sites for hydroxylation is 1. The number of fused-ring (bicyclic) bond motifs is 1. The van der Waals surface area contributed by atoms with Crippen molar-refractivity contribution in [3.05, 3.63) is 36.7 Å². The maximum atomic E-state index is 6.11. The smallest absolute Gasteiger partial charge is 0.139 e. The normalized spacial score (nSPS) is 11.1. The molecule has 0 aliphatic rings. The van der Waals surface area contributed by atoms with Gasteiger partial charge in [-0.3, -0.25) is 9.08 Å². The molecule has 0 aromatic carbocycles. The molecule has 0 saturated heterocycles. The van der Waals surface area contributed by atoms with E-state index in [1.807, 2.05) is 46.5 Å². The average molecular weight is 227 g/mol. The SMILES string of the molecule is CCn1nccc1-c1nc2ccccn2c1N. The Kier molecular flexibility index (Phi) is 2.11. The van der Waals surface area contributed by atoms with E-state index in [0.29, 0.717) is 5.82 Å². The van der Waals surface area contributed by atoms with Crippen LogP contribution in [0.1, 0.15) is 6.92 Å². The van der Waals surface area contributed by atoms with Crippen LogP contribution in [0.4, 0.5) is 5.82 Å². The summed E-state index contributed by atoms with van der Waals surface area (Å²) in [5.74, 6) is 0.649. The van der Waals surface area contributed by atoms with Crippen LogP contribution >= 0.6 is 0 Å². The molecule has 5 heteroatoms. The number of rotatable bonds is 2. The third kappa shape index (κ3) is 1.39. The highest BCUT2D eigenvalue weighted by molar-refractivity contribution is 5.72. The Hall–Kier alpha value is -2.30. The number of pyridine rings is 1. The van der Waals surface area contributed by atoms with Gasteiger partial charge >= 0.3 is 0 Å². The van der Waals surface area contributed by atoms with Crippen LogP contribution in [-0.2, 0) is 6.54 Å². The van der Waals surface area contributed by atoms with E-state index in [1.165, 1.54) is 0 Å². The molecule has 86 valence electrons. The van der Waals surface area contributed by atoms with Crippen LogP contribution in [0.3, 0.4) is 0 Å². The summed E-state index contributed by atoms with van der Waals surface area (Å²) in [7, 11) is 0. The minimum atomic E-state index is 0.649. The fraction of sp³-hybridized carbons (Fsp3) is 0.167. The maximum Gasteiger partial charge on any atom is 0.139 e. The molecule has 3 aromatic rings. The lowest BCUT2D eigenvalue weighted by molar-refractivity contribution is 0.666. The predicted molar refractivity (Wildman–Crippen MR) is 66.5 cm³/mol. The monoisotopic (exact) mass is 227 g/mol. The van der Waals surface area contributed by atoms with Gasteiger partial charge in [0.05, 0.1) is 5.69 Å². The van der Waals surface area contributed by atoms with E-state index < -0.39 is 0 Å². The highest BCUT2D eigenvalue weighted by Gasteiger charge is 2.13. The van der Waals surface area contributed by atoms with Crippen molar-refractivity contribution in [1.82, 2.24) is 19.2 Å². The van der Waals surface area contributed by atoms with Gasteiger partial charge in [0.25, 0.3) is 0 Å². The molecule has 3 rings (SSSR count). The second kappa shape index (κ2) is 3.62. The first kappa shape index (κ1) is 9.89. The minimum absolute atomic E-state index is 0.649. The first-order valence-corrected chi connectivity index (χ1v) is 5.56. The van der Waals surface area contributed by atoms with Crippen molar-refractivity contribution < 1.29 is 0 Å². The highest BCUT2D eigenvalue weighted by atomic mass is 15.3. The Morgan fingerprint density at radius 3 is 2.94 bits per heavy atom. The van der Waals surface area contributed by atoms with E-state index in [9.17, 15) is 0 Å². The molecule has 3 aromatic heterocycles. The molecule has 0 fully saturated rings. The third-order valence-corrected chi connectivity index (χ3v) is 2.83. The lowest BCUT2D eigenvalue weighted by Gasteiger charge is -2.02. The van der Waals surface area contributed by atoms with Crippen LogP contribution in [0.2, 0.25) is 0 Å². The number of nitrogen functional groups attached to an aromatic ring is 1. The Morgan fingerprint density at radius 2 is 2.18 bits per heavy atom. The molecule has 0 radical (unpaired) electrons. The zero-order valence-corrected chi connectivity index (χ0v) is 9.54. The molecule has 3 heterocycles. The van der Waals surface area contributed by atoms with Crippen LogP contribution in [0, 0.1) is 0 Å². The average Bonchev–Trinajstić information content (AvgIpc) is 2.94. The van der Waals surface area contributed by atoms with Crippen molar-refractivity contribution in [2.24, 2.45) is 0 Å². The second-order valence-corrected chi connectivity index (χ2v) is 3.81. The van der Waals surface area contributed by atoms with E-state index in [-0.39, 0.29) is 0 Å². The number of anilines is 1. The summed E-state index contributed by atoms with van der Waals surface area (Å²) in [6, 6.07) is 7.75. The molecule has 0 unspecified atom stereocenters. The molecule has 2 N–H and O–H groups in total. The van der Waals surface area contributed by atoms with E-state index >= 15 is 0 Å². The van der Waals surface area contributed by atoms with Crippen LogP contribution in [0.5, 0.6) is 0 Å². The minimum Gasteiger partial charge on any atom is -0.383 e. The molecular weight excluding hydrogens is 214 g/mol.